The molecular formula is C23H19FO5. The molecule has 3 aromatic carbocycles. The van der Waals surface area contributed by atoms with E-state index in [1.807, 2.05) is 30.3 Å². The Bertz CT molecular complexity index is 955. The maximum atomic E-state index is 13.1. The van der Waals surface area contributed by atoms with Gasteiger partial charge in [-0.25, -0.2) is 9.18 Å². The lowest BCUT2D eigenvalue weighted by Crippen LogP contribution is -2.19. The molecule has 0 heterocycles. The van der Waals surface area contributed by atoms with Crippen molar-refractivity contribution in [3.8, 4) is 11.5 Å². The molecule has 0 aliphatic heterocycles. The summed E-state index contributed by atoms with van der Waals surface area (Å²) in [6.07, 6.45) is 0. The molecule has 0 bridgehead atoms. The van der Waals surface area contributed by atoms with Crippen molar-refractivity contribution >= 4 is 11.8 Å². The van der Waals surface area contributed by atoms with E-state index in [1.165, 1.54) is 18.2 Å². The highest BCUT2D eigenvalue weighted by molar-refractivity contribution is 5.97. The third kappa shape index (κ3) is 6.46. The van der Waals surface area contributed by atoms with E-state index in [-0.39, 0.29) is 12.2 Å². The van der Waals surface area contributed by atoms with E-state index in [1.54, 1.807) is 24.3 Å². The molecule has 0 saturated carbocycles. The van der Waals surface area contributed by atoms with Crippen LogP contribution in [-0.4, -0.2) is 25.0 Å². The lowest BCUT2D eigenvalue weighted by atomic mass is 10.1. The van der Waals surface area contributed by atoms with Gasteiger partial charge in [0.1, 0.15) is 23.9 Å². The van der Waals surface area contributed by atoms with Gasteiger partial charge in [0.25, 0.3) is 0 Å². The molecule has 0 amide bonds. The summed E-state index contributed by atoms with van der Waals surface area (Å²) in [5, 5.41) is 0. The van der Waals surface area contributed by atoms with E-state index in [2.05, 4.69) is 0 Å². The molecule has 0 unspecified atom stereocenters. The van der Waals surface area contributed by atoms with Gasteiger partial charge in [-0.3, -0.25) is 4.79 Å². The van der Waals surface area contributed by atoms with Crippen molar-refractivity contribution in [1.29, 1.82) is 0 Å². The van der Waals surface area contributed by atoms with Gasteiger partial charge in [-0.15, -0.1) is 0 Å². The molecule has 0 aliphatic rings. The van der Waals surface area contributed by atoms with Crippen LogP contribution in [0.25, 0.3) is 0 Å². The standard InChI is InChI=1S/C23H19FO5/c24-19-8-4-7-18(13-19)22(25)15-29-23(26)16-28-21-11-9-20(10-12-21)27-14-17-5-2-1-3-6-17/h1-13H,14-16H2. The van der Waals surface area contributed by atoms with Crippen LogP contribution in [0.3, 0.4) is 0 Å². The fourth-order valence-electron chi connectivity index (χ4n) is 2.45. The molecule has 0 spiro atoms. The number of esters is 1. The molecule has 5 nitrogen and oxygen atoms in total. The van der Waals surface area contributed by atoms with Crippen molar-refractivity contribution in [1.82, 2.24) is 0 Å². The Morgan fingerprint density at radius 2 is 1.45 bits per heavy atom. The second kappa shape index (κ2) is 10.0. The Labute approximate surface area is 167 Å². The second-order valence-electron chi connectivity index (χ2n) is 6.13. The van der Waals surface area contributed by atoms with Crippen molar-refractivity contribution in [2.45, 2.75) is 6.61 Å². The topological polar surface area (TPSA) is 61.8 Å². The minimum atomic E-state index is -0.695. The molecule has 0 atom stereocenters. The van der Waals surface area contributed by atoms with Crippen LogP contribution in [0.1, 0.15) is 15.9 Å². The van der Waals surface area contributed by atoms with Gasteiger partial charge in [0, 0.05) is 5.56 Å². The first kappa shape index (κ1) is 20.1. The second-order valence-corrected chi connectivity index (χ2v) is 6.13. The first-order valence-corrected chi connectivity index (χ1v) is 8.94. The highest BCUT2D eigenvalue weighted by Crippen LogP contribution is 2.18. The van der Waals surface area contributed by atoms with E-state index < -0.39 is 24.2 Å². The number of hydrogen-bond acceptors (Lipinski definition) is 5. The zero-order chi connectivity index (χ0) is 20.5. The fourth-order valence-corrected chi connectivity index (χ4v) is 2.45. The smallest absolute Gasteiger partial charge is 0.344 e. The molecule has 3 rings (SSSR count). The third-order valence-electron chi connectivity index (χ3n) is 3.94. The fraction of sp³-hybridized carbons (Fsp3) is 0.130. The Kier molecular flexibility index (Phi) is 6.95. The van der Waals surface area contributed by atoms with Crippen LogP contribution in [0, 0.1) is 5.82 Å². The van der Waals surface area contributed by atoms with Crippen LogP contribution in [0.2, 0.25) is 0 Å². The zero-order valence-electron chi connectivity index (χ0n) is 15.5. The van der Waals surface area contributed by atoms with Crippen molar-refractivity contribution < 1.29 is 28.2 Å². The van der Waals surface area contributed by atoms with E-state index in [9.17, 15) is 14.0 Å². The van der Waals surface area contributed by atoms with Gasteiger partial charge in [0.2, 0.25) is 0 Å². The number of ether oxygens (including phenoxy) is 3. The molecule has 0 aromatic heterocycles. The summed E-state index contributed by atoms with van der Waals surface area (Å²) in [6, 6.07) is 21.8. The zero-order valence-corrected chi connectivity index (χ0v) is 15.5. The van der Waals surface area contributed by atoms with Crippen LogP contribution in [0.15, 0.2) is 78.9 Å². The average Bonchev–Trinajstić information content (AvgIpc) is 2.76. The number of hydrogen-bond donors (Lipinski definition) is 0. The van der Waals surface area contributed by atoms with Gasteiger partial charge >= 0.3 is 5.97 Å². The molecule has 6 heteroatoms. The monoisotopic (exact) mass is 394 g/mol. The van der Waals surface area contributed by atoms with Gasteiger partial charge in [-0.2, -0.15) is 0 Å². The van der Waals surface area contributed by atoms with E-state index >= 15 is 0 Å². The van der Waals surface area contributed by atoms with Crippen molar-refractivity contribution in [3.63, 3.8) is 0 Å². The minimum absolute atomic E-state index is 0.143. The largest absolute Gasteiger partial charge is 0.489 e. The number of Topliss-reactive ketones (excluding diaryl/α,β-unsaturated/α-hetero) is 1. The average molecular weight is 394 g/mol. The summed E-state index contributed by atoms with van der Waals surface area (Å²) < 4.78 is 29.0. The lowest BCUT2D eigenvalue weighted by Gasteiger charge is -2.09. The Hall–Kier alpha value is -3.67. The number of halogens is 1. The summed E-state index contributed by atoms with van der Waals surface area (Å²) >= 11 is 0. The van der Waals surface area contributed by atoms with E-state index in [0.717, 1.165) is 11.6 Å². The van der Waals surface area contributed by atoms with Gasteiger partial charge < -0.3 is 14.2 Å². The summed E-state index contributed by atoms with van der Waals surface area (Å²) in [7, 11) is 0. The molecule has 29 heavy (non-hydrogen) atoms. The predicted molar refractivity (Wildman–Crippen MR) is 104 cm³/mol. The Morgan fingerprint density at radius 3 is 2.14 bits per heavy atom. The Morgan fingerprint density at radius 1 is 0.759 bits per heavy atom. The number of ketones is 1. The summed E-state index contributed by atoms with van der Waals surface area (Å²) in [4.78, 5) is 23.6. The summed E-state index contributed by atoms with van der Waals surface area (Å²) in [5.74, 6) is -0.575. The summed E-state index contributed by atoms with van der Waals surface area (Å²) in [5.41, 5.74) is 1.20. The molecule has 0 N–H and O–H groups in total. The van der Waals surface area contributed by atoms with Gasteiger partial charge in [0.15, 0.2) is 19.0 Å². The number of carbonyl (C=O) groups is 2. The lowest BCUT2D eigenvalue weighted by molar-refractivity contribution is -0.144. The third-order valence-corrected chi connectivity index (χ3v) is 3.94. The summed E-state index contributed by atoms with van der Waals surface area (Å²) in [6.45, 7) is -0.370. The van der Waals surface area contributed by atoms with Crippen molar-refractivity contribution in [2.24, 2.45) is 0 Å². The number of benzene rings is 3. The number of carbonyl (C=O) groups excluding carboxylic acids is 2. The van der Waals surface area contributed by atoms with Gasteiger partial charge in [-0.05, 0) is 42.0 Å². The first-order chi connectivity index (χ1) is 14.1. The highest BCUT2D eigenvalue weighted by Gasteiger charge is 2.11. The normalized spacial score (nSPS) is 10.2. The van der Waals surface area contributed by atoms with Crippen LogP contribution in [-0.2, 0) is 16.1 Å². The predicted octanol–water partition coefficient (Wildman–Crippen LogP) is 4.21. The first-order valence-electron chi connectivity index (χ1n) is 8.94. The molecule has 0 fully saturated rings. The van der Waals surface area contributed by atoms with Crippen LogP contribution in [0.5, 0.6) is 11.5 Å². The van der Waals surface area contributed by atoms with Gasteiger partial charge in [-0.1, -0.05) is 42.5 Å². The molecule has 0 saturated heterocycles. The molecule has 148 valence electrons. The van der Waals surface area contributed by atoms with E-state index in [4.69, 9.17) is 14.2 Å². The molecule has 0 aliphatic carbocycles. The maximum absolute atomic E-state index is 13.1. The highest BCUT2D eigenvalue weighted by atomic mass is 19.1. The SMILES string of the molecule is O=C(COc1ccc(OCc2ccccc2)cc1)OCC(=O)c1cccc(F)c1. The van der Waals surface area contributed by atoms with Crippen molar-refractivity contribution in [2.75, 3.05) is 13.2 Å². The van der Waals surface area contributed by atoms with Crippen LogP contribution < -0.4 is 9.47 Å². The molecule has 0 radical (unpaired) electrons. The molecular weight excluding hydrogens is 375 g/mol. The Balaban J connectivity index is 1.40. The van der Waals surface area contributed by atoms with Crippen molar-refractivity contribution in [3.05, 3.63) is 95.8 Å². The van der Waals surface area contributed by atoms with Crippen LogP contribution >= 0.6 is 0 Å². The quantitative estimate of drug-likeness (QED) is 0.402. The maximum Gasteiger partial charge on any atom is 0.344 e. The minimum Gasteiger partial charge on any atom is -0.489 e. The van der Waals surface area contributed by atoms with Crippen LogP contribution in [0.4, 0.5) is 4.39 Å². The molecule has 3 aromatic rings. The number of rotatable bonds is 9. The van der Waals surface area contributed by atoms with E-state index in [0.29, 0.717) is 18.1 Å². The van der Waals surface area contributed by atoms with Gasteiger partial charge in [0.05, 0.1) is 0 Å².